The molecule has 0 saturated heterocycles. The molecule has 4 nitrogen and oxygen atoms in total. The number of hydrogen-bond acceptors (Lipinski definition) is 4. The summed E-state index contributed by atoms with van der Waals surface area (Å²) < 4.78 is 5.47. The molecule has 2 aromatic rings. The third-order valence-electron chi connectivity index (χ3n) is 2.10. The number of aromatic nitrogens is 2. The molecule has 18 heavy (non-hydrogen) atoms. The van der Waals surface area contributed by atoms with Crippen LogP contribution in [0.5, 0.6) is 11.6 Å². The van der Waals surface area contributed by atoms with Crippen LogP contribution in [-0.2, 0) is 6.42 Å². The van der Waals surface area contributed by atoms with Crippen molar-refractivity contribution < 1.29 is 4.74 Å². The Kier molecular flexibility index (Phi) is 3.98. The van der Waals surface area contributed by atoms with Gasteiger partial charge in [0.15, 0.2) is 0 Å². The lowest BCUT2D eigenvalue weighted by Gasteiger charge is -2.06. The van der Waals surface area contributed by atoms with E-state index in [1.165, 1.54) is 6.20 Å². The molecule has 0 bridgehead atoms. The molecule has 90 valence electrons. The highest BCUT2D eigenvalue weighted by atomic mass is 35.5. The van der Waals surface area contributed by atoms with Gasteiger partial charge in [-0.15, -0.1) is 0 Å². The highest BCUT2D eigenvalue weighted by molar-refractivity contribution is 6.32. The zero-order valence-corrected chi connectivity index (χ0v) is 10.6. The minimum Gasteiger partial charge on any atom is -0.437 e. The van der Waals surface area contributed by atoms with E-state index in [4.69, 9.17) is 33.2 Å². The van der Waals surface area contributed by atoms with Crippen LogP contribution in [0.4, 0.5) is 0 Å². The fourth-order valence-electron chi connectivity index (χ4n) is 1.28. The second-order valence-electron chi connectivity index (χ2n) is 3.37. The summed E-state index contributed by atoms with van der Waals surface area (Å²) in [6.45, 7) is 0. The van der Waals surface area contributed by atoms with Crippen LogP contribution < -0.4 is 4.74 Å². The Balaban J connectivity index is 2.18. The van der Waals surface area contributed by atoms with E-state index in [0.29, 0.717) is 12.2 Å². The first-order chi connectivity index (χ1) is 8.69. The molecule has 0 aliphatic heterocycles. The van der Waals surface area contributed by atoms with E-state index in [2.05, 4.69) is 16.0 Å². The molecule has 1 aromatic heterocycles. The molecule has 0 spiro atoms. The van der Waals surface area contributed by atoms with E-state index < -0.39 is 0 Å². The molecule has 0 aliphatic carbocycles. The quantitative estimate of drug-likeness (QED) is 0.805. The van der Waals surface area contributed by atoms with E-state index in [9.17, 15) is 0 Å². The lowest BCUT2D eigenvalue weighted by atomic mass is 10.2. The van der Waals surface area contributed by atoms with Gasteiger partial charge in [0.05, 0.1) is 18.7 Å². The van der Waals surface area contributed by atoms with Crippen LogP contribution in [0.3, 0.4) is 0 Å². The maximum atomic E-state index is 8.56. The molecular formula is C12H7Cl2N3O. The standard InChI is InChI=1S/C12H7Cl2N3O/c13-10-7-16-12(14)17-11(10)18-9-3-1-8(2-4-9)5-6-15/h1-4,7H,5H2. The lowest BCUT2D eigenvalue weighted by molar-refractivity contribution is 0.461. The molecule has 6 heteroatoms. The van der Waals surface area contributed by atoms with Crippen molar-refractivity contribution in [3.63, 3.8) is 0 Å². The van der Waals surface area contributed by atoms with Gasteiger partial charge in [0.2, 0.25) is 11.2 Å². The van der Waals surface area contributed by atoms with Crippen molar-refractivity contribution >= 4 is 23.2 Å². The number of benzene rings is 1. The van der Waals surface area contributed by atoms with Crippen molar-refractivity contribution in [1.82, 2.24) is 9.97 Å². The third kappa shape index (κ3) is 3.10. The fraction of sp³-hybridized carbons (Fsp3) is 0.0833. The smallest absolute Gasteiger partial charge is 0.242 e. The topological polar surface area (TPSA) is 58.8 Å². The Bertz CT molecular complexity index is 593. The van der Waals surface area contributed by atoms with Gasteiger partial charge in [0.1, 0.15) is 10.8 Å². The molecule has 1 heterocycles. The summed E-state index contributed by atoms with van der Waals surface area (Å²) >= 11 is 11.5. The van der Waals surface area contributed by atoms with Gasteiger partial charge in [0, 0.05) is 0 Å². The molecular weight excluding hydrogens is 273 g/mol. The van der Waals surface area contributed by atoms with Gasteiger partial charge in [0.25, 0.3) is 0 Å². The Labute approximate surface area is 114 Å². The first-order valence-electron chi connectivity index (χ1n) is 5.01. The van der Waals surface area contributed by atoms with Crippen LogP contribution in [0.2, 0.25) is 10.3 Å². The normalized spacial score (nSPS) is 9.83. The first kappa shape index (κ1) is 12.6. The Morgan fingerprint density at radius 3 is 2.61 bits per heavy atom. The monoisotopic (exact) mass is 279 g/mol. The summed E-state index contributed by atoms with van der Waals surface area (Å²) in [5, 5.41) is 8.90. The van der Waals surface area contributed by atoms with Gasteiger partial charge in [-0.25, -0.2) is 4.98 Å². The SMILES string of the molecule is N#CCc1ccc(Oc2nc(Cl)ncc2Cl)cc1. The van der Waals surface area contributed by atoms with Gasteiger partial charge in [-0.3, -0.25) is 0 Å². The fourth-order valence-corrected chi connectivity index (χ4v) is 1.54. The molecule has 2 rings (SSSR count). The van der Waals surface area contributed by atoms with E-state index in [-0.39, 0.29) is 16.2 Å². The van der Waals surface area contributed by atoms with Gasteiger partial charge >= 0.3 is 0 Å². The number of rotatable bonds is 3. The predicted octanol–water partition coefficient (Wildman–Crippen LogP) is 3.64. The number of hydrogen-bond donors (Lipinski definition) is 0. The van der Waals surface area contributed by atoms with Gasteiger partial charge in [-0.05, 0) is 29.3 Å². The summed E-state index contributed by atoms with van der Waals surface area (Å²) in [6, 6.07) is 9.14. The number of nitriles is 1. The summed E-state index contributed by atoms with van der Waals surface area (Å²) in [6.07, 6.45) is 1.73. The average Bonchev–Trinajstić information content (AvgIpc) is 2.37. The predicted molar refractivity (Wildman–Crippen MR) is 67.9 cm³/mol. The maximum Gasteiger partial charge on any atom is 0.242 e. The van der Waals surface area contributed by atoms with E-state index in [1.807, 2.05) is 0 Å². The second-order valence-corrected chi connectivity index (χ2v) is 4.12. The molecule has 0 saturated carbocycles. The molecule has 0 radical (unpaired) electrons. The summed E-state index contributed by atoms with van der Waals surface area (Å²) in [5.41, 5.74) is 0.914. The van der Waals surface area contributed by atoms with Crippen molar-refractivity contribution in [2.75, 3.05) is 0 Å². The summed E-state index contributed by atoms with van der Waals surface area (Å²) in [4.78, 5) is 7.60. The summed E-state index contributed by atoms with van der Waals surface area (Å²) in [5.74, 6) is 0.762. The van der Waals surface area contributed by atoms with E-state index >= 15 is 0 Å². The van der Waals surface area contributed by atoms with E-state index in [1.54, 1.807) is 24.3 Å². The minimum absolute atomic E-state index is 0.0653. The molecule has 0 amide bonds. The van der Waals surface area contributed by atoms with E-state index in [0.717, 1.165) is 5.56 Å². The minimum atomic E-state index is 0.0653. The molecule has 0 aliphatic rings. The number of nitrogens with zero attached hydrogens (tertiary/aromatic N) is 3. The summed E-state index contributed by atoms with van der Waals surface area (Å²) in [7, 11) is 0. The largest absolute Gasteiger partial charge is 0.437 e. The zero-order valence-electron chi connectivity index (χ0n) is 9.10. The van der Waals surface area contributed by atoms with Crippen LogP contribution >= 0.6 is 23.2 Å². The van der Waals surface area contributed by atoms with Crippen molar-refractivity contribution in [2.24, 2.45) is 0 Å². The van der Waals surface area contributed by atoms with Crippen molar-refractivity contribution in [1.29, 1.82) is 5.26 Å². The molecule has 0 atom stereocenters. The van der Waals surface area contributed by atoms with Crippen molar-refractivity contribution in [3.8, 4) is 17.7 Å². The number of halogens is 2. The Morgan fingerprint density at radius 2 is 1.94 bits per heavy atom. The highest BCUT2D eigenvalue weighted by Crippen LogP contribution is 2.27. The average molecular weight is 280 g/mol. The second kappa shape index (κ2) is 5.67. The lowest BCUT2D eigenvalue weighted by Crippen LogP contribution is -1.91. The highest BCUT2D eigenvalue weighted by Gasteiger charge is 2.06. The zero-order chi connectivity index (χ0) is 13.0. The maximum absolute atomic E-state index is 8.56. The van der Waals surface area contributed by atoms with Crippen molar-refractivity contribution in [2.45, 2.75) is 6.42 Å². The van der Waals surface area contributed by atoms with Crippen LogP contribution in [0.15, 0.2) is 30.5 Å². The van der Waals surface area contributed by atoms with Gasteiger partial charge < -0.3 is 4.74 Å². The Morgan fingerprint density at radius 1 is 1.22 bits per heavy atom. The van der Waals surface area contributed by atoms with Gasteiger partial charge in [-0.2, -0.15) is 10.2 Å². The van der Waals surface area contributed by atoms with Crippen LogP contribution in [0.1, 0.15) is 5.56 Å². The third-order valence-corrected chi connectivity index (χ3v) is 2.54. The van der Waals surface area contributed by atoms with Crippen molar-refractivity contribution in [3.05, 3.63) is 46.3 Å². The van der Waals surface area contributed by atoms with Crippen LogP contribution in [-0.4, -0.2) is 9.97 Å². The number of ether oxygens (including phenoxy) is 1. The first-order valence-corrected chi connectivity index (χ1v) is 5.76. The van der Waals surface area contributed by atoms with Gasteiger partial charge in [-0.1, -0.05) is 23.7 Å². The Hall–Kier alpha value is -1.83. The molecule has 1 aromatic carbocycles. The van der Waals surface area contributed by atoms with Crippen LogP contribution in [0, 0.1) is 11.3 Å². The van der Waals surface area contributed by atoms with Crippen LogP contribution in [0.25, 0.3) is 0 Å². The molecule has 0 fully saturated rings. The molecule has 0 unspecified atom stereocenters. The molecule has 0 N–H and O–H groups in total.